The normalized spacial score (nSPS) is 11.0. The first-order valence-corrected chi connectivity index (χ1v) is 9.71. The van der Waals surface area contributed by atoms with Crippen molar-refractivity contribution >= 4 is 28.1 Å². The number of halogens is 1. The molecule has 1 N–H and O–H groups in total. The lowest BCUT2D eigenvalue weighted by Crippen LogP contribution is -2.24. The van der Waals surface area contributed by atoms with Gasteiger partial charge in [-0.3, -0.25) is 4.79 Å². The Labute approximate surface area is 173 Å². The van der Waals surface area contributed by atoms with Crippen molar-refractivity contribution in [2.75, 3.05) is 6.61 Å². The van der Waals surface area contributed by atoms with Gasteiger partial charge in [0.2, 0.25) is 0 Å². The standard InChI is InChI=1S/C22H22BrN3O2/c1-15-8-4-7-11-21(15)28-14-22(27)25-24-13-18-12-16(2)26(17(18)3)20-10-6-5-9-19(20)23/h4-13H,14H2,1-3H3,(H,25,27)/b24-13-. The van der Waals surface area contributed by atoms with Crippen LogP contribution in [0.25, 0.3) is 5.69 Å². The Morgan fingerprint density at radius 2 is 1.86 bits per heavy atom. The van der Waals surface area contributed by atoms with Crippen LogP contribution in [-0.4, -0.2) is 23.3 Å². The Morgan fingerprint density at radius 3 is 2.61 bits per heavy atom. The van der Waals surface area contributed by atoms with E-state index in [1.54, 1.807) is 6.21 Å². The molecule has 3 rings (SSSR count). The van der Waals surface area contributed by atoms with Crippen molar-refractivity contribution in [2.24, 2.45) is 5.10 Å². The Hall–Kier alpha value is -2.86. The molecular weight excluding hydrogens is 418 g/mol. The highest BCUT2D eigenvalue weighted by Gasteiger charge is 2.11. The maximum absolute atomic E-state index is 12.0. The van der Waals surface area contributed by atoms with E-state index in [4.69, 9.17) is 4.74 Å². The predicted octanol–water partition coefficient (Wildman–Crippen LogP) is 4.69. The number of hydrazone groups is 1. The van der Waals surface area contributed by atoms with Crippen molar-refractivity contribution in [1.29, 1.82) is 0 Å². The summed E-state index contributed by atoms with van der Waals surface area (Å²) >= 11 is 3.60. The maximum atomic E-state index is 12.0. The topological polar surface area (TPSA) is 55.6 Å². The van der Waals surface area contributed by atoms with Crippen LogP contribution in [0.15, 0.2) is 64.2 Å². The third kappa shape index (κ3) is 4.51. The molecule has 3 aromatic rings. The first-order chi connectivity index (χ1) is 13.5. The van der Waals surface area contributed by atoms with Gasteiger partial charge in [0.25, 0.3) is 5.91 Å². The van der Waals surface area contributed by atoms with Crippen molar-refractivity contribution < 1.29 is 9.53 Å². The van der Waals surface area contributed by atoms with Gasteiger partial charge >= 0.3 is 0 Å². The number of carbonyl (C=O) groups is 1. The second-order valence-corrected chi connectivity index (χ2v) is 7.31. The zero-order valence-electron chi connectivity index (χ0n) is 16.1. The number of ether oxygens (including phenoxy) is 1. The highest BCUT2D eigenvalue weighted by atomic mass is 79.9. The van der Waals surface area contributed by atoms with Gasteiger partial charge in [-0.05, 0) is 66.5 Å². The predicted molar refractivity (Wildman–Crippen MR) is 115 cm³/mol. The first kappa shape index (κ1) is 19.9. The highest BCUT2D eigenvalue weighted by Crippen LogP contribution is 2.26. The smallest absolute Gasteiger partial charge is 0.277 e. The number of para-hydroxylation sites is 2. The van der Waals surface area contributed by atoms with Gasteiger partial charge in [0.05, 0.1) is 11.9 Å². The molecule has 0 saturated heterocycles. The van der Waals surface area contributed by atoms with Crippen LogP contribution in [0.3, 0.4) is 0 Å². The molecule has 0 atom stereocenters. The molecule has 0 spiro atoms. The maximum Gasteiger partial charge on any atom is 0.277 e. The van der Waals surface area contributed by atoms with Crippen molar-refractivity contribution in [3.8, 4) is 11.4 Å². The molecule has 0 aliphatic rings. The quantitative estimate of drug-likeness (QED) is 0.447. The SMILES string of the molecule is Cc1ccccc1OCC(=O)N/N=C\c1cc(C)n(-c2ccccc2Br)c1C. The lowest BCUT2D eigenvalue weighted by Gasteiger charge is -2.11. The molecule has 0 bridgehead atoms. The fourth-order valence-corrected chi connectivity index (χ4v) is 3.45. The summed E-state index contributed by atoms with van der Waals surface area (Å²) in [6.07, 6.45) is 1.65. The van der Waals surface area contributed by atoms with Crippen LogP contribution in [0, 0.1) is 20.8 Å². The van der Waals surface area contributed by atoms with Gasteiger partial charge in [-0.25, -0.2) is 5.43 Å². The molecule has 0 aliphatic carbocycles. The van der Waals surface area contributed by atoms with E-state index in [2.05, 4.69) is 37.1 Å². The zero-order chi connectivity index (χ0) is 20.1. The number of rotatable bonds is 6. The van der Waals surface area contributed by atoms with Gasteiger partial charge in [0, 0.05) is 21.4 Å². The van der Waals surface area contributed by atoms with Crippen LogP contribution in [0.1, 0.15) is 22.5 Å². The number of benzene rings is 2. The summed E-state index contributed by atoms with van der Waals surface area (Å²) < 4.78 is 8.69. The average molecular weight is 440 g/mol. The molecule has 5 nitrogen and oxygen atoms in total. The number of carbonyl (C=O) groups excluding carboxylic acids is 1. The molecule has 1 amide bonds. The van der Waals surface area contributed by atoms with Gasteiger partial charge in [-0.2, -0.15) is 5.10 Å². The third-order valence-electron chi connectivity index (χ3n) is 4.41. The Morgan fingerprint density at radius 1 is 1.14 bits per heavy atom. The summed E-state index contributed by atoms with van der Waals surface area (Å²) in [5, 5.41) is 4.08. The molecule has 1 heterocycles. The summed E-state index contributed by atoms with van der Waals surface area (Å²) in [5.74, 6) is 0.387. The molecule has 144 valence electrons. The Balaban J connectivity index is 1.65. The van der Waals surface area contributed by atoms with Crippen LogP contribution in [0.2, 0.25) is 0 Å². The second kappa shape index (κ2) is 8.89. The van der Waals surface area contributed by atoms with Crippen molar-refractivity contribution in [3.05, 3.63) is 81.6 Å². The van der Waals surface area contributed by atoms with Gasteiger partial charge in [-0.1, -0.05) is 30.3 Å². The van der Waals surface area contributed by atoms with Crippen molar-refractivity contribution in [2.45, 2.75) is 20.8 Å². The van der Waals surface area contributed by atoms with E-state index in [0.29, 0.717) is 5.75 Å². The summed E-state index contributed by atoms with van der Waals surface area (Å²) in [6, 6.07) is 17.7. The van der Waals surface area contributed by atoms with E-state index in [0.717, 1.165) is 32.7 Å². The van der Waals surface area contributed by atoms with Crippen molar-refractivity contribution in [3.63, 3.8) is 0 Å². The minimum absolute atomic E-state index is 0.0851. The lowest BCUT2D eigenvalue weighted by molar-refractivity contribution is -0.123. The van der Waals surface area contributed by atoms with Crippen LogP contribution in [0.5, 0.6) is 5.75 Å². The van der Waals surface area contributed by atoms with E-state index >= 15 is 0 Å². The minimum Gasteiger partial charge on any atom is -0.483 e. The number of aryl methyl sites for hydroxylation is 2. The molecule has 0 radical (unpaired) electrons. The summed E-state index contributed by atoms with van der Waals surface area (Å²) in [4.78, 5) is 12.0. The van der Waals surface area contributed by atoms with E-state index in [9.17, 15) is 4.79 Å². The number of nitrogens with one attached hydrogen (secondary N) is 1. The fraction of sp³-hybridized carbons (Fsp3) is 0.182. The molecule has 2 aromatic carbocycles. The van der Waals surface area contributed by atoms with E-state index in [1.165, 1.54) is 0 Å². The van der Waals surface area contributed by atoms with Crippen LogP contribution >= 0.6 is 15.9 Å². The van der Waals surface area contributed by atoms with Gasteiger partial charge in [-0.15, -0.1) is 0 Å². The van der Waals surface area contributed by atoms with E-state index in [1.807, 2.05) is 69.3 Å². The molecule has 0 fully saturated rings. The fourth-order valence-electron chi connectivity index (χ4n) is 2.99. The molecule has 1 aromatic heterocycles. The Kier molecular flexibility index (Phi) is 6.31. The average Bonchev–Trinajstić information content (AvgIpc) is 2.95. The lowest BCUT2D eigenvalue weighted by atomic mass is 10.2. The zero-order valence-corrected chi connectivity index (χ0v) is 17.7. The molecule has 28 heavy (non-hydrogen) atoms. The summed E-state index contributed by atoms with van der Waals surface area (Å²) in [5.41, 5.74) is 7.62. The second-order valence-electron chi connectivity index (χ2n) is 6.46. The number of aromatic nitrogens is 1. The van der Waals surface area contributed by atoms with E-state index in [-0.39, 0.29) is 12.5 Å². The molecule has 0 unspecified atom stereocenters. The monoisotopic (exact) mass is 439 g/mol. The first-order valence-electron chi connectivity index (χ1n) is 8.91. The number of nitrogens with zero attached hydrogens (tertiary/aromatic N) is 2. The molecular formula is C22H22BrN3O2. The van der Waals surface area contributed by atoms with Gasteiger partial charge in [0.1, 0.15) is 5.75 Å². The molecule has 6 heteroatoms. The minimum atomic E-state index is -0.306. The largest absolute Gasteiger partial charge is 0.483 e. The van der Waals surface area contributed by atoms with E-state index < -0.39 is 0 Å². The number of hydrogen-bond donors (Lipinski definition) is 1. The molecule has 0 saturated carbocycles. The highest BCUT2D eigenvalue weighted by molar-refractivity contribution is 9.10. The van der Waals surface area contributed by atoms with Crippen LogP contribution in [-0.2, 0) is 4.79 Å². The number of amides is 1. The third-order valence-corrected chi connectivity index (χ3v) is 5.08. The number of hydrogen-bond acceptors (Lipinski definition) is 3. The van der Waals surface area contributed by atoms with Crippen LogP contribution < -0.4 is 10.2 Å². The molecule has 0 aliphatic heterocycles. The summed E-state index contributed by atoms with van der Waals surface area (Å²) in [6.45, 7) is 5.92. The van der Waals surface area contributed by atoms with Crippen molar-refractivity contribution in [1.82, 2.24) is 9.99 Å². The van der Waals surface area contributed by atoms with Crippen LogP contribution in [0.4, 0.5) is 0 Å². The van der Waals surface area contributed by atoms with Gasteiger partial charge < -0.3 is 9.30 Å². The summed E-state index contributed by atoms with van der Waals surface area (Å²) in [7, 11) is 0. The van der Waals surface area contributed by atoms with Gasteiger partial charge in [0.15, 0.2) is 6.61 Å². The Bertz CT molecular complexity index is 1020.